The third-order valence-corrected chi connectivity index (χ3v) is 4.66. The molecule has 0 radical (unpaired) electrons. The van der Waals surface area contributed by atoms with Gasteiger partial charge in [-0.2, -0.15) is 0 Å². The largest absolute Gasteiger partial charge is 0.492 e. The van der Waals surface area contributed by atoms with E-state index in [1.807, 2.05) is 37.3 Å². The van der Waals surface area contributed by atoms with E-state index in [0.29, 0.717) is 41.2 Å². The van der Waals surface area contributed by atoms with E-state index in [1.54, 1.807) is 6.07 Å². The molecule has 0 saturated carbocycles. The monoisotopic (exact) mass is 386 g/mol. The van der Waals surface area contributed by atoms with E-state index < -0.39 is 11.4 Å². The summed E-state index contributed by atoms with van der Waals surface area (Å²) >= 11 is 6.50. The minimum Gasteiger partial charge on any atom is -0.492 e. The molecule has 3 N–H and O–H groups in total. The van der Waals surface area contributed by atoms with Crippen LogP contribution in [-0.4, -0.2) is 29.2 Å². The van der Waals surface area contributed by atoms with Crippen LogP contribution in [0, 0.1) is 0 Å². The summed E-state index contributed by atoms with van der Waals surface area (Å²) in [5.41, 5.74) is 1.06. The van der Waals surface area contributed by atoms with Gasteiger partial charge in [0.05, 0.1) is 16.2 Å². The Bertz CT molecular complexity index is 1030. The Kier molecular flexibility index (Phi) is 5.66. The number of aromatic amines is 1. The average molecular weight is 387 g/mol. The van der Waals surface area contributed by atoms with Gasteiger partial charge in [0.1, 0.15) is 17.9 Å². The van der Waals surface area contributed by atoms with Crippen molar-refractivity contribution in [2.24, 2.45) is 0 Å². The second kappa shape index (κ2) is 8.14. The number of aromatic nitrogens is 1. The van der Waals surface area contributed by atoms with Crippen molar-refractivity contribution in [1.82, 2.24) is 4.98 Å². The van der Waals surface area contributed by atoms with Gasteiger partial charge >= 0.3 is 5.97 Å². The molecule has 0 amide bonds. The number of fused-ring (bicyclic) bond motifs is 1. The number of ether oxygens (including phenoxy) is 1. The van der Waals surface area contributed by atoms with Crippen molar-refractivity contribution in [2.75, 3.05) is 18.5 Å². The van der Waals surface area contributed by atoms with Crippen molar-refractivity contribution >= 4 is 34.2 Å². The minimum atomic E-state index is -1.27. The highest BCUT2D eigenvalue weighted by Crippen LogP contribution is 2.32. The van der Waals surface area contributed by atoms with Crippen molar-refractivity contribution in [3.63, 3.8) is 0 Å². The normalized spacial score (nSPS) is 10.7. The minimum absolute atomic E-state index is 0.294. The molecular weight excluding hydrogens is 368 g/mol. The highest BCUT2D eigenvalue weighted by atomic mass is 35.5. The van der Waals surface area contributed by atoms with Gasteiger partial charge in [-0.3, -0.25) is 4.79 Å². The molecule has 0 spiro atoms. The number of hydrogen-bond donors (Lipinski definition) is 3. The number of rotatable bonds is 7. The molecule has 140 valence electrons. The maximum Gasteiger partial charge on any atom is 0.341 e. The fourth-order valence-corrected chi connectivity index (χ4v) is 3.25. The van der Waals surface area contributed by atoms with Gasteiger partial charge in [0.15, 0.2) is 0 Å². The van der Waals surface area contributed by atoms with Crippen molar-refractivity contribution in [1.29, 1.82) is 0 Å². The third kappa shape index (κ3) is 3.90. The topological polar surface area (TPSA) is 91.4 Å². The van der Waals surface area contributed by atoms with Crippen LogP contribution in [-0.2, 0) is 6.42 Å². The van der Waals surface area contributed by atoms with E-state index in [1.165, 1.54) is 6.20 Å². The van der Waals surface area contributed by atoms with E-state index >= 15 is 0 Å². The predicted molar refractivity (Wildman–Crippen MR) is 106 cm³/mol. The van der Waals surface area contributed by atoms with Crippen LogP contribution >= 0.6 is 11.6 Å². The SMILES string of the molecule is CCc1c(Cl)c(NCCOc2ccccc2)cc2c(=O)c(C(=O)O)c[nH]c12. The predicted octanol–water partition coefficient (Wildman–Crippen LogP) is 3.93. The van der Waals surface area contributed by atoms with Crippen molar-refractivity contribution in [3.8, 4) is 5.75 Å². The Morgan fingerprint density at radius 3 is 2.70 bits per heavy atom. The molecule has 1 heterocycles. The Morgan fingerprint density at radius 1 is 1.30 bits per heavy atom. The van der Waals surface area contributed by atoms with Crippen LogP contribution in [0.2, 0.25) is 5.02 Å². The van der Waals surface area contributed by atoms with Crippen LogP contribution in [0.25, 0.3) is 10.9 Å². The number of nitrogens with one attached hydrogen (secondary N) is 2. The number of H-pyrrole nitrogens is 1. The molecule has 3 rings (SSSR count). The summed E-state index contributed by atoms with van der Waals surface area (Å²) in [5, 5.41) is 13.1. The van der Waals surface area contributed by atoms with Crippen LogP contribution in [0.3, 0.4) is 0 Å². The fraction of sp³-hybridized carbons (Fsp3) is 0.200. The molecule has 27 heavy (non-hydrogen) atoms. The lowest BCUT2D eigenvalue weighted by Crippen LogP contribution is -2.17. The number of benzene rings is 2. The molecule has 6 nitrogen and oxygen atoms in total. The molecule has 2 aromatic carbocycles. The van der Waals surface area contributed by atoms with Gasteiger partial charge in [-0.05, 0) is 30.2 Å². The van der Waals surface area contributed by atoms with E-state index in [4.69, 9.17) is 16.3 Å². The van der Waals surface area contributed by atoms with Gasteiger partial charge in [0.2, 0.25) is 5.43 Å². The highest BCUT2D eigenvalue weighted by molar-refractivity contribution is 6.35. The average Bonchev–Trinajstić information content (AvgIpc) is 2.66. The highest BCUT2D eigenvalue weighted by Gasteiger charge is 2.17. The number of carboxylic acid groups (broad SMARTS) is 1. The quantitative estimate of drug-likeness (QED) is 0.535. The smallest absolute Gasteiger partial charge is 0.341 e. The molecule has 3 aromatic rings. The molecular formula is C20H19ClN2O4. The molecule has 0 atom stereocenters. The summed E-state index contributed by atoms with van der Waals surface area (Å²) in [5.74, 6) is -0.502. The van der Waals surface area contributed by atoms with Gasteiger partial charge in [0, 0.05) is 18.1 Å². The zero-order valence-electron chi connectivity index (χ0n) is 14.7. The van der Waals surface area contributed by atoms with Crippen LogP contribution in [0.4, 0.5) is 5.69 Å². The standard InChI is InChI=1S/C20H19ClN2O4/c1-2-13-17(21)16(22-8-9-27-12-6-4-3-5-7-12)10-14-18(13)23-11-15(19(14)24)20(25)26/h3-7,10-11,22H,2,8-9H2,1H3,(H,23,24)(H,25,26). The second-order valence-corrected chi connectivity index (χ2v) is 6.30. The first-order valence-electron chi connectivity index (χ1n) is 8.54. The number of anilines is 1. The first-order valence-corrected chi connectivity index (χ1v) is 8.92. The molecule has 0 aliphatic carbocycles. The maximum atomic E-state index is 12.5. The Labute approximate surface area is 160 Å². The number of aryl methyl sites for hydroxylation is 1. The number of halogens is 1. The molecule has 1 aromatic heterocycles. The molecule has 0 saturated heterocycles. The lowest BCUT2D eigenvalue weighted by molar-refractivity contribution is 0.0695. The number of para-hydroxylation sites is 1. The second-order valence-electron chi connectivity index (χ2n) is 5.92. The van der Waals surface area contributed by atoms with Gasteiger partial charge in [-0.1, -0.05) is 36.7 Å². The first kappa shape index (κ1) is 18.8. The molecule has 0 fully saturated rings. The zero-order valence-corrected chi connectivity index (χ0v) is 15.5. The third-order valence-electron chi connectivity index (χ3n) is 4.22. The summed E-state index contributed by atoms with van der Waals surface area (Å²) in [7, 11) is 0. The van der Waals surface area contributed by atoms with Crippen LogP contribution in [0.5, 0.6) is 5.75 Å². The van der Waals surface area contributed by atoms with Crippen molar-refractivity contribution in [2.45, 2.75) is 13.3 Å². The number of carbonyl (C=O) groups is 1. The van der Waals surface area contributed by atoms with E-state index in [0.717, 1.165) is 11.3 Å². The summed E-state index contributed by atoms with van der Waals surface area (Å²) in [6.45, 7) is 2.80. The molecule has 0 unspecified atom stereocenters. The molecule has 0 aliphatic heterocycles. The summed E-state index contributed by atoms with van der Waals surface area (Å²) in [6, 6.07) is 11.0. The first-order chi connectivity index (χ1) is 13.0. The van der Waals surface area contributed by atoms with Crippen molar-refractivity contribution < 1.29 is 14.6 Å². The summed E-state index contributed by atoms with van der Waals surface area (Å²) in [6.07, 6.45) is 1.80. The van der Waals surface area contributed by atoms with Gasteiger partial charge in [-0.15, -0.1) is 0 Å². The molecule has 0 aliphatic rings. The van der Waals surface area contributed by atoms with E-state index in [-0.39, 0.29) is 5.56 Å². The molecule has 0 bridgehead atoms. The Hall–Kier alpha value is -2.99. The lowest BCUT2D eigenvalue weighted by atomic mass is 10.0. The fourth-order valence-electron chi connectivity index (χ4n) is 2.90. The Morgan fingerprint density at radius 2 is 2.04 bits per heavy atom. The summed E-state index contributed by atoms with van der Waals surface area (Å²) < 4.78 is 5.63. The van der Waals surface area contributed by atoms with Crippen LogP contribution in [0.15, 0.2) is 47.4 Å². The number of carboxylic acids is 1. The van der Waals surface area contributed by atoms with Gasteiger partial charge in [-0.25, -0.2) is 4.79 Å². The number of pyridine rings is 1. The maximum absolute atomic E-state index is 12.5. The van der Waals surface area contributed by atoms with Gasteiger partial charge < -0.3 is 20.1 Å². The lowest BCUT2D eigenvalue weighted by Gasteiger charge is -2.15. The van der Waals surface area contributed by atoms with E-state index in [2.05, 4.69) is 10.3 Å². The Balaban J connectivity index is 1.88. The number of hydrogen-bond acceptors (Lipinski definition) is 4. The van der Waals surface area contributed by atoms with Gasteiger partial charge in [0.25, 0.3) is 0 Å². The van der Waals surface area contributed by atoms with Crippen LogP contribution < -0.4 is 15.5 Å². The van der Waals surface area contributed by atoms with Crippen molar-refractivity contribution in [3.05, 3.63) is 69.0 Å². The van der Waals surface area contributed by atoms with Crippen LogP contribution in [0.1, 0.15) is 22.8 Å². The van der Waals surface area contributed by atoms with E-state index in [9.17, 15) is 14.7 Å². The molecule has 7 heteroatoms. The summed E-state index contributed by atoms with van der Waals surface area (Å²) in [4.78, 5) is 26.7. The number of aromatic carboxylic acids is 1. The zero-order chi connectivity index (χ0) is 19.4.